The molecule has 0 radical (unpaired) electrons. The molecule has 27 heavy (non-hydrogen) atoms. The fourth-order valence-electron chi connectivity index (χ4n) is 3.80. The number of amides is 1. The van der Waals surface area contributed by atoms with Gasteiger partial charge in [-0.1, -0.05) is 23.2 Å². The highest BCUT2D eigenvalue weighted by Crippen LogP contribution is 2.39. The van der Waals surface area contributed by atoms with Crippen LogP contribution in [0.15, 0.2) is 18.3 Å². The third-order valence-electron chi connectivity index (χ3n) is 5.04. The van der Waals surface area contributed by atoms with Crippen molar-refractivity contribution in [2.75, 3.05) is 26.7 Å². The summed E-state index contributed by atoms with van der Waals surface area (Å²) in [5.41, 5.74) is 1.17. The highest BCUT2D eigenvalue weighted by Gasteiger charge is 2.48. The normalized spacial score (nSPS) is 18.4. The van der Waals surface area contributed by atoms with E-state index in [1.807, 2.05) is 0 Å². The fraction of sp³-hybridized carbons (Fsp3) is 0.389. The van der Waals surface area contributed by atoms with Crippen molar-refractivity contribution in [2.24, 2.45) is 5.41 Å². The maximum atomic E-state index is 14.9. The molecular formula is C18H17Cl2FN4O2. The predicted octanol–water partition coefficient (Wildman–Crippen LogP) is 2.92. The number of rotatable bonds is 4. The molecule has 0 unspecified atom stereocenters. The first-order valence-corrected chi connectivity index (χ1v) is 9.19. The van der Waals surface area contributed by atoms with Crippen LogP contribution in [-0.4, -0.2) is 47.5 Å². The summed E-state index contributed by atoms with van der Waals surface area (Å²) in [6.45, 7) is 2.52. The number of carbonyl (C=O) groups excluding carboxylic acids is 1. The molecule has 2 aromatic heterocycles. The Kier molecular flexibility index (Phi) is 4.70. The lowest BCUT2D eigenvalue weighted by atomic mass is 9.79. The number of hydrogen-bond acceptors (Lipinski definition) is 5. The molecule has 4 heterocycles. The first kappa shape index (κ1) is 18.4. The van der Waals surface area contributed by atoms with Gasteiger partial charge in [0.1, 0.15) is 11.0 Å². The van der Waals surface area contributed by atoms with E-state index in [1.54, 1.807) is 6.07 Å². The van der Waals surface area contributed by atoms with Crippen LogP contribution in [0, 0.1) is 11.2 Å². The van der Waals surface area contributed by atoms with E-state index in [-0.39, 0.29) is 27.4 Å². The van der Waals surface area contributed by atoms with E-state index < -0.39 is 5.82 Å². The Balaban J connectivity index is 1.58. The van der Waals surface area contributed by atoms with Crippen molar-refractivity contribution in [3.63, 3.8) is 0 Å². The molecule has 0 aromatic carbocycles. The van der Waals surface area contributed by atoms with Gasteiger partial charge in [0.05, 0.1) is 23.4 Å². The van der Waals surface area contributed by atoms with Gasteiger partial charge >= 0.3 is 0 Å². The van der Waals surface area contributed by atoms with Gasteiger partial charge in [-0.25, -0.2) is 14.4 Å². The molecule has 0 bridgehead atoms. The third-order valence-corrected chi connectivity index (χ3v) is 5.81. The molecule has 4 rings (SSSR count). The summed E-state index contributed by atoms with van der Waals surface area (Å²) in [6, 6.07) is 2.95. The number of likely N-dealkylation sites (tertiary alicyclic amines) is 1. The molecule has 2 aromatic rings. The maximum Gasteiger partial charge on any atom is 0.221 e. The topological polar surface area (TPSA) is 67.4 Å². The minimum absolute atomic E-state index is 0.0184. The van der Waals surface area contributed by atoms with E-state index in [2.05, 4.69) is 20.2 Å². The summed E-state index contributed by atoms with van der Waals surface area (Å²) in [7, 11) is 1.45. The largest absolute Gasteiger partial charge is 0.481 e. The minimum atomic E-state index is -0.428. The quantitative estimate of drug-likeness (QED) is 0.784. The summed E-state index contributed by atoms with van der Waals surface area (Å²) < 4.78 is 20.2. The average molecular weight is 411 g/mol. The van der Waals surface area contributed by atoms with E-state index in [4.69, 9.17) is 27.9 Å². The summed E-state index contributed by atoms with van der Waals surface area (Å²) in [4.78, 5) is 21.8. The molecule has 2 fully saturated rings. The first-order chi connectivity index (χ1) is 12.9. The van der Waals surface area contributed by atoms with Crippen molar-refractivity contribution in [3.8, 4) is 17.1 Å². The van der Waals surface area contributed by atoms with Gasteiger partial charge in [-0.3, -0.25) is 9.69 Å². The van der Waals surface area contributed by atoms with Gasteiger partial charge in [-0.2, -0.15) is 0 Å². The molecule has 9 heteroatoms. The second kappa shape index (κ2) is 6.89. The number of halogens is 3. The van der Waals surface area contributed by atoms with Crippen LogP contribution in [0.4, 0.5) is 4.39 Å². The molecule has 2 aliphatic heterocycles. The van der Waals surface area contributed by atoms with Gasteiger partial charge in [0, 0.05) is 55.8 Å². The SMILES string of the molecule is COc1nc(-c2ccnc(Cl)c2Cl)cc(F)c1CN1CC2(CNC(=O)C2)C1. The van der Waals surface area contributed by atoms with E-state index in [0.717, 1.165) is 13.1 Å². The molecule has 0 atom stereocenters. The van der Waals surface area contributed by atoms with Crippen LogP contribution < -0.4 is 10.1 Å². The molecule has 1 spiro atoms. The van der Waals surface area contributed by atoms with E-state index in [9.17, 15) is 9.18 Å². The van der Waals surface area contributed by atoms with Gasteiger partial charge in [-0.05, 0) is 6.07 Å². The molecule has 1 N–H and O–H groups in total. The lowest BCUT2D eigenvalue weighted by molar-refractivity contribution is -0.120. The summed E-state index contributed by atoms with van der Waals surface area (Å²) in [6.07, 6.45) is 2.02. The Morgan fingerprint density at radius 2 is 2.19 bits per heavy atom. The lowest BCUT2D eigenvalue weighted by Gasteiger charge is -2.47. The van der Waals surface area contributed by atoms with Gasteiger partial charge in [-0.15, -0.1) is 0 Å². The summed E-state index contributed by atoms with van der Waals surface area (Å²) in [5, 5.41) is 3.20. The number of pyridine rings is 2. The molecule has 2 saturated heterocycles. The maximum absolute atomic E-state index is 14.9. The Hall–Kier alpha value is -1.96. The number of ether oxygens (including phenoxy) is 1. The summed E-state index contributed by atoms with van der Waals surface area (Å²) in [5.74, 6) is -0.143. The van der Waals surface area contributed by atoms with Crippen molar-refractivity contribution in [2.45, 2.75) is 13.0 Å². The standard InChI is InChI=1S/C18H17Cl2FN4O2/c1-27-17-11(6-25-8-18(9-25)5-14(26)23-7-18)12(21)4-13(24-17)10-2-3-22-16(20)15(10)19/h2-4H,5-9H2,1H3,(H,23,26). The highest BCUT2D eigenvalue weighted by molar-refractivity contribution is 6.42. The van der Waals surface area contributed by atoms with Crippen LogP contribution in [0.3, 0.4) is 0 Å². The molecule has 0 aliphatic carbocycles. The number of hydrogen-bond donors (Lipinski definition) is 1. The highest BCUT2D eigenvalue weighted by atomic mass is 35.5. The number of aromatic nitrogens is 2. The molecule has 0 saturated carbocycles. The fourth-order valence-corrected chi connectivity index (χ4v) is 4.16. The van der Waals surface area contributed by atoms with Gasteiger partial charge in [0.2, 0.25) is 11.8 Å². The zero-order chi connectivity index (χ0) is 19.2. The second-order valence-corrected chi connectivity index (χ2v) is 7.78. The van der Waals surface area contributed by atoms with Crippen LogP contribution in [0.5, 0.6) is 5.88 Å². The predicted molar refractivity (Wildman–Crippen MR) is 99.3 cm³/mol. The van der Waals surface area contributed by atoms with Crippen molar-refractivity contribution >= 4 is 29.1 Å². The zero-order valence-electron chi connectivity index (χ0n) is 14.6. The van der Waals surface area contributed by atoms with Gasteiger partial charge in [0.15, 0.2) is 0 Å². The van der Waals surface area contributed by atoms with Crippen LogP contribution in [0.25, 0.3) is 11.3 Å². The van der Waals surface area contributed by atoms with Crippen molar-refractivity contribution < 1.29 is 13.9 Å². The smallest absolute Gasteiger partial charge is 0.221 e. The zero-order valence-corrected chi connectivity index (χ0v) is 16.1. The monoisotopic (exact) mass is 410 g/mol. The van der Waals surface area contributed by atoms with E-state index in [1.165, 1.54) is 19.4 Å². The van der Waals surface area contributed by atoms with Crippen LogP contribution in [-0.2, 0) is 11.3 Å². The Morgan fingerprint density at radius 1 is 1.41 bits per heavy atom. The molecule has 6 nitrogen and oxygen atoms in total. The number of methoxy groups -OCH3 is 1. The van der Waals surface area contributed by atoms with Gasteiger partial charge in [0.25, 0.3) is 0 Å². The Labute approximate surface area is 165 Å². The molecular weight excluding hydrogens is 394 g/mol. The molecule has 142 valence electrons. The van der Waals surface area contributed by atoms with Crippen molar-refractivity contribution in [1.29, 1.82) is 0 Å². The minimum Gasteiger partial charge on any atom is -0.481 e. The summed E-state index contributed by atoms with van der Waals surface area (Å²) >= 11 is 12.1. The van der Waals surface area contributed by atoms with Gasteiger partial charge < -0.3 is 10.1 Å². The second-order valence-electron chi connectivity index (χ2n) is 7.04. The third kappa shape index (κ3) is 3.35. The molecule has 1 amide bonds. The van der Waals surface area contributed by atoms with E-state index >= 15 is 0 Å². The van der Waals surface area contributed by atoms with Crippen LogP contribution >= 0.6 is 23.2 Å². The van der Waals surface area contributed by atoms with Crippen molar-refractivity contribution in [3.05, 3.63) is 39.9 Å². The lowest BCUT2D eigenvalue weighted by Crippen LogP contribution is -2.56. The number of nitrogens with zero attached hydrogens (tertiary/aromatic N) is 3. The number of carbonyl (C=O) groups is 1. The first-order valence-electron chi connectivity index (χ1n) is 8.44. The number of nitrogens with one attached hydrogen (secondary N) is 1. The van der Waals surface area contributed by atoms with E-state index in [0.29, 0.717) is 36.3 Å². The Morgan fingerprint density at radius 3 is 2.85 bits per heavy atom. The van der Waals surface area contributed by atoms with Crippen LogP contribution in [0.1, 0.15) is 12.0 Å². The van der Waals surface area contributed by atoms with Crippen molar-refractivity contribution in [1.82, 2.24) is 20.2 Å². The average Bonchev–Trinajstić information content (AvgIpc) is 3.00. The Bertz CT molecular complexity index is 918. The molecule has 2 aliphatic rings. The van der Waals surface area contributed by atoms with Crippen LogP contribution in [0.2, 0.25) is 10.2 Å².